The fraction of sp³-hybridized carbons (Fsp3) is 0.286. The molecule has 2 rings (SSSR count). The van der Waals surface area contributed by atoms with Gasteiger partial charge in [-0.15, -0.1) is 0 Å². The predicted octanol–water partition coefficient (Wildman–Crippen LogP) is 2.74. The molecule has 0 radical (unpaired) electrons. The molecule has 3 N–H and O–H groups in total. The van der Waals surface area contributed by atoms with Gasteiger partial charge in [-0.1, -0.05) is 0 Å². The number of aromatic nitrogens is 2. The van der Waals surface area contributed by atoms with Crippen LogP contribution in [0.3, 0.4) is 0 Å². The van der Waals surface area contributed by atoms with E-state index in [1.165, 1.54) is 6.33 Å². The molecule has 0 fully saturated rings. The van der Waals surface area contributed by atoms with Crippen molar-refractivity contribution in [3.63, 3.8) is 0 Å². The van der Waals surface area contributed by atoms with E-state index in [9.17, 15) is 8.78 Å². The van der Waals surface area contributed by atoms with Crippen LogP contribution < -0.4 is 15.8 Å². The Balaban J connectivity index is 2.15. The Morgan fingerprint density at radius 3 is 2.76 bits per heavy atom. The van der Waals surface area contributed by atoms with Crippen LogP contribution in [-0.4, -0.2) is 16.1 Å². The van der Waals surface area contributed by atoms with Gasteiger partial charge in [-0.25, -0.2) is 13.8 Å². The second kappa shape index (κ2) is 6.34. The third-order valence-electron chi connectivity index (χ3n) is 2.65. The molecule has 0 aliphatic heterocycles. The maximum Gasteiger partial charge on any atom is 0.242 e. The highest BCUT2D eigenvalue weighted by Crippen LogP contribution is 2.26. The molecule has 5 nitrogen and oxygen atoms in total. The zero-order chi connectivity index (χ0) is 15.4. The Labute approximate surface area is 121 Å². The molecular weight excluding hydrogens is 278 g/mol. The number of nitrogens with two attached hydrogens (primary N) is 1. The summed E-state index contributed by atoms with van der Waals surface area (Å²) in [6, 6.07) is 3.25. The molecule has 1 aromatic carbocycles. The largest absolute Gasteiger partial charge is 0.473 e. The molecule has 0 saturated carbocycles. The molecule has 0 aliphatic carbocycles. The number of rotatable bonds is 5. The van der Waals surface area contributed by atoms with E-state index >= 15 is 0 Å². The first-order valence-corrected chi connectivity index (χ1v) is 6.42. The molecule has 0 atom stereocenters. The van der Waals surface area contributed by atoms with E-state index in [0.29, 0.717) is 5.82 Å². The standard InChI is InChI=1S/C14H16F2N4O/c1-8(2)21-14-12(17)13(19-7-20-14)18-6-9-5-10(15)3-4-11(9)16/h3-5,7-8H,6,17H2,1-2H3,(H,18,19,20). The molecule has 0 spiro atoms. The Morgan fingerprint density at radius 1 is 1.29 bits per heavy atom. The van der Waals surface area contributed by atoms with E-state index in [0.717, 1.165) is 18.2 Å². The quantitative estimate of drug-likeness (QED) is 0.887. The van der Waals surface area contributed by atoms with Crippen LogP contribution in [0.4, 0.5) is 20.3 Å². The number of nitrogens with zero attached hydrogens (tertiary/aromatic N) is 2. The van der Waals surface area contributed by atoms with Crippen molar-refractivity contribution >= 4 is 11.5 Å². The highest BCUT2D eigenvalue weighted by Gasteiger charge is 2.11. The minimum absolute atomic E-state index is 0.0475. The number of ether oxygens (including phenoxy) is 1. The third-order valence-corrected chi connectivity index (χ3v) is 2.65. The Bertz CT molecular complexity index is 634. The second-order valence-corrected chi connectivity index (χ2v) is 4.70. The summed E-state index contributed by atoms with van der Waals surface area (Å²) >= 11 is 0. The zero-order valence-corrected chi connectivity index (χ0v) is 11.7. The molecule has 7 heteroatoms. The Morgan fingerprint density at radius 2 is 2.05 bits per heavy atom. The Kier molecular flexibility index (Phi) is 4.52. The lowest BCUT2D eigenvalue weighted by Gasteiger charge is -2.14. The second-order valence-electron chi connectivity index (χ2n) is 4.70. The van der Waals surface area contributed by atoms with Gasteiger partial charge in [-0.2, -0.15) is 4.98 Å². The molecule has 21 heavy (non-hydrogen) atoms. The average molecular weight is 294 g/mol. The first-order chi connectivity index (χ1) is 9.97. The summed E-state index contributed by atoms with van der Waals surface area (Å²) in [7, 11) is 0. The lowest BCUT2D eigenvalue weighted by Crippen LogP contribution is -2.12. The number of hydrogen-bond donors (Lipinski definition) is 2. The molecule has 2 aromatic rings. The number of nitrogen functional groups attached to an aromatic ring is 1. The number of anilines is 2. The molecule has 112 valence electrons. The van der Waals surface area contributed by atoms with E-state index in [2.05, 4.69) is 15.3 Å². The summed E-state index contributed by atoms with van der Waals surface area (Å²) in [4.78, 5) is 7.90. The summed E-state index contributed by atoms with van der Waals surface area (Å²) in [5.74, 6) is -0.450. The van der Waals surface area contributed by atoms with Crippen LogP contribution in [0.15, 0.2) is 24.5 Å². The van der Waals surface area contributed by atoms with Crippen molar-refractivity contribution in [3.05, 3.63) is 41.7 Å². The van der Waals surface area contributed by atoms with Gasteiger partial charge in [0.2, 0.25) is 5.88 Å². The number of benzene rings is 1. The maximum atomic E-state index is 13.5. The summed E-state index contributed by atoms with van der Waals surface area (Å²) in [5, 5.41) is 2.85. The van der Waals surface area contributed by atoms with Gasteiger partial charge in [0.05, 0.1) is 6.10 Å². The minimum atomic E-state index is -0.507. The number of halogens is 2. The lowest BCUT2D eigenvalue weighted by atomic mass is 10.2. The molecule has 0 aliphatic rings. The van der Waals surface area contributed by atoms with Crippen LogP contribution in [-0.2, 0) is 6.54 Å². The van der Waals surface area contributed by atoms with E-state index in [-0.39, 0.29) is 29.8 Å². The van der Waals surface area contributed by atoms with Gasteiger partial charge in [0.15, 0.2) is 5.82 Å². The molecule has 0 bridgehead atoms. The molecule has 0 unspecified atom stereocenters. The van der Waals surface area contributed by atoms with Crippen LogP contribution in [0.2, 0.25) is 0 Å². The van der Waals surface area contributed by atoms with Gasteiger partial charge >= 0.3 is 0 Å². The van der Waals surface area contributed by atoms with Crippen molar-refractivity contribution in [1.29, 1.82) is 0 Å². The fourth-order valence-electron chi connectivity index (χ4n) is 1.70. The van der Waals surface area contributed by atoms with Crippen molar-refractivity contribution in [2.45, 2.75) is 26.5 Å². The normalized spacial score (nSPS) is 10.7. The summed E-state index contributed by atoms with van der Waals surface area (Å²) in [6.45, 7) is 3.74. The van der Waals surface area contributed by atoms with Crippen molar-refractivity contribution in [2.24, 2.45) is 0 Å². The average Bonchev–Trinajstić information content (AvgIpc) is 2.43. The zero-order valence-electron chi connectivity index (χ0n) is 11.7. The van der Waals surface area contributed by atoms with Gasteiger partial charge in [0.25, 0.3) is 0 Å². The summed E-state index contributed by atoms with van der Waals surface area (Å²) in [6.07, 6.45) is 1.20. The van der Waals surface area contributed by atoms with E-state index in [1.54, 1.807) is 0 Å². The van der Waals surface area contributed by atoms with Crippen molar-refractivity contribution in [2.75, 3.05) is 11.1 Å². The number of hydrogen-bond acceptors (Lipinski definition) is 5. The SMILES string of the molecule is CC(C)Oc1ncnc(NCc2cc(F)ccc2F)c1N. The summed E-state index contributed by atoms with van der Waals surface area (Å²) in [5.41, 5.74) is 6.29. The van der Waals surface area contributed by atoms with Gasteiger partial charge in [-0.05, 0) is 32.0 Å². The predicted molar refractivity (Wildman–Crippen MR) is 75.9 cm³/mol. The van der Waals surface area contributed by atoms with Crippen LogP contribution in [0.1, 0.15) is 19.4 Å². The Hall–Kier alpha value is -2.44. The van der Waals surface area contributed by atoms with Gasteiger partial charge in [-0.3, -0.25) is 0 Å². The first kappa shape index (κ1) is 15.0. The van der Waals surface area contributed by atoms with Crippen molar-refractivity contribution in [3.8, 4) is 5.88 Å². The molecule has 1 aromatic heterocycles. The topological polar surface area (TPSA) is 73.1 Å². The van der Waals surface area contributed by atoms with E-state index in [4.69, 9.17) is 10.5 Å². The van der Waals surface area contributed by atoms with E-state index < -0.39 is 11.6 Å². The van der Waals surface area contributed by atoms with Crippen LogP contribution in [0.5, 0.6) is 5.88 Å². The highest BCUT2D eigenvalue weighted by atomic mass is 19.1. The molecule has 0 amide bonds. The molecular formula is C14H16F2N4O. The monoisotopic (exact) mass is 294 g/mol. The van der Waals surface area contributed by atoms with Crippen LogP contribution in [0, 0.1) is 11.6 Å². The first-order valence-electron chi connectivity index (χ1n) is 6.42. The highest BCUT2D eigenvalue weighted by molar-refractivity contribution is 5.66. The third kappa shape index (κ3) is 3.77. The van der Waals surface area contributed by atoms with Crippen molar-refractivity contribution < 1.29 is 13.5 Å². The lowest BCUT2D eigenvalue weighted by molar-refractivity contribution is 0.234. The molecule has 0 saturated heterocycles. The maximum absolute atomic E-state index is 13.5. The minimum Gasteiger partial charge on any atom is -0.473 e. The summed E-state index contributed by atoms with van der Waals surface area (Å²) < 4.78 is 32.1. The number of nitrogens with one attached hydrogen (secondary N) is 1. The van der Waals surface area contributed by atoms with E-state index in [1.807, 2.05) is 13.8 Å². The van der Waals surface area contributed by atoms with Crippen molar-refractivity contribution in [1.82, 2.24) is 9.97 Å². The van der Waals surface area contributed by atoms with Gasteiger partial charge < -0.3 is 15.8 Å². The smallest absolute Gasteiger partial charge is 0.242 e. The van der Waals surface area contributed by atoms with Crippen LogP contribution >= 0.6 is 0 Å². The molecule has 1 heterocycles. The fourth-order valence-corrected chi connectivity index (χ4v) is 1.70. The van der Waals surface area contributed by atoms with Gasteiger partial charge in [0.1, 0.15) is 23.6 Å². The van der Waals surface area contributed by atoms with Crippen LogP contribution in [0.25, 0.3) is 0 Å². The van der Waals surface area contributed by atoms with Gasteiger partial charge in [0, 0.05) is 12.1 Å².